The number of nitrogens with zero attached hydrogens (tertiary/aromatic N) is 1. The Morgan fingerprint density at radius 2 is 1.74 bits per heavy atom. The number of aliphatic imine (C=N–C) groups is 1. The molecule has 0 aliphatic heterocycles. The van der Waals surface area contributed by atoms with Crippen molar-refractivity contribution in [3.8, 4) is 0 Å². The van der Waals surface area contributed by atoms with Crippen LogP contribution < -0.4 is 16.0 Å². The minimum atomic E-state index is 0. The Hall–Kier alpha value is -1.31. The van der Waals surface area contributed by atoms with Gasteiger partial charge in [0.25, 0.3) is 0 Å². The van der Waals surface area contributed by atoms with Gasteiger partial charge in [-0.3, -0.25) is 9.79 Å². The lowest BCUT2D eigenvalue weighted by molar-refractivity contribution is -0.121. The maximum absolute atomic E-state index is 11.6. The first-order valence-corrected chi connectivity index (χ1v) is 9.72. The molecule has 152 valence electrons. The van der Waals surface area contributed by atoms with Gasteiger partial charge >= 0.3 is 0 Å². The van der Waals surface area contributed by atoms with Crippen LogP contribution in [-0.2, 0) is 16.6 Å². The topological polar surface area (TPSA) is 65.5 Å². The number of benzene rings is 1. The Bertz CT molecular complexity index is 604. The van der Waals surface area contributed by atoms with Gasteiger partial charge in [0.05, 0.1) is 0 Å². The van der Waals surface area contributed by atoms with Crippen molar-refractivity contribution in [3.05, 3.63) is 35.4 Å². The molecule has 27 heavy (non-hydrogen) atoms. The molecule has 0 unspecified atom stereocenters. The molecular weight excluding hydrogens is 451 g/mol. The lowest BCUT2D eigenvalue weighted by Gasteiger charge is -2.19. The predicted octanol–water partition coefficient (Wildman–Crippen LogP) is 3.37. The average Bonchev–Trinajstić information content (AvgIpc) is 3.40. The van der Waals surface area contributed by atoms with Gasteiger partial charge in [-0.25, -0.2) is 0 Å². The van der Waals surface area contributed by atoms with E-state index in [1.54, 1.807) is 7.05 Å². The smallest absolute Gasteiger partial charge is 0.220 e. The van der Waals surface area contributed by atoms with Crippen molar-refractivity contribution in [3.63, 3.8) is 0 Å². The molecule has 1 amide bonds. The molecule has 6 heteroatoms. The van der Waals surface area contributed by atoms with Crippen LogP contribution in [0.3, 0.4) is 0 Å². The lowest BCUT2D eigenvalue weighted by atomic mass is 9.86. The highest BCUT2D eigenvalue weighted by Gasteiger charge is 2.22. The molecule has 1 aromatic carbocycles. The van der Waals surface area contributed by atoms with Crippen LogP contribution in [0.15, 0.2) is 29.3 Å². The third kappa shape index (κ3) is 9.44. The lowest BCUT2D eigenvalue weighted by Crippen LogP contribution is -2.39. The van der Waals surface area contributed by atoms with Gasteiger partial charge in [-0.15, -0.1) is 24.0 Å². The predicted molar refractivity (Wildman–Crippen MR) is 124 cm³/mol. The quantitative estimate of drug-likeness (QED) is 0.229. The van der Waals surface area contributed by atoms with Crippen LogP contribution >= 0.6 is 24.0 Å². The van der Waals surface area contributed by atoms with Crippen LogP contribution in [0.25, 0.3) is 0 Å². The van der Waals surface area contributed by atoms with E-state index in [9.17, 15) is 4.79 Å². The Balaban J connectivity index is 0.00000364. The summed E-state index contributed by atoms with van der Waals surface area (Å²) in [7, 11) is 1.77. The molecule has 0 bridgehead atoms. The summed E-state index contributed by atoms with van der Waals surface area (Å²) in [5, 5.41) is 9.61. The molecular formula is C21H35IN4O. The van der Waals surface area contributed by atoms with Crippen LogP contribution in [0.2, 0.25) is 0 Å². The maximum Gasteiger partial charge on any atom is 0.220 e. The second kappa shape index (κ2) is 11.5. The van der Waals surface area contributed by atoms with E-state index in [4.69, 9.17) is 0 Å². The Labute approximate surface area is 181 Å². The molecule has 3 N–H and O–H groups in total. The van der Waals surface area contributed by atoms with Crippen LogP contribution in [0.1, 0.15) is 57.6 Å². The van der Waals surface area contributed by atoms with E-state index >= 15 is 0 Å². The first-order chi connectivity index (χ1) is 12.4. The van der Waals surface area contributed by atoms with Crippen LogP contribution in [0.4, 0.5) is 0 Å². The number of rotatable bonds is 8. The molecule has 5 nitrogen and oxygen atoms in total. The van der Waals surface area contributed by atoms with E-state index in [2.05, 4.69) is 66.0 Å². The van der Waals surface area contributed by atoms with Crippen LogP contribution in [0.5, 0.6) is 0 Å². The number of carbonyl (C=O) groups excluding carboxylic acids is 1. The molecule has 1 saturated carbocycles. The Morgan fingerprint density at radius 1 is 1.11 bits per heavy atom. The van der Waals surface area contributed by atoms with Gasteiger partial charge in [-0.2, -0.15) is 0 Å². The molecule has 1 fully saturated rings. The summed E-state index contributed by atoms with van der Waals surface area (Å²) >= 11 is 0. The fraction of sp³-hybridized carbons (Fsp3) is 0.619. The number of hydrogen-bond donors (Lipinski definition) is 3. The van der Waals surface area contributed by atoms with Gasteiger partial charge < -0.3 is 16.0 Å². The van der Waals surface area contributed by atoms with E-state index in [0.717, 1.165) is 44.7 Å². The summed E-state index contributed by atoms with van der Waals surface area (Å²) in [5.41, 5.74) is 2.87. The molecule has 0 saturated heterocycles. The van der Waals surface area contributed by atoms with Crippen molar-refractivity contribution < 1.29 is 4.79 Å². The Morgan fingerprint density at radius 3 is 2.30 bits per heavy atom. The minimum absolute atomic E-state index is 0. The summed E-state index contributed by atoms with van der Waals surface area (Å²) in [6.45, 7) is 8.27. The van der Waals surface area contributed by atoms with Crippen LogP contribution in [0, 0.1) is 0 Å². The molecule has 0 aromatic heterocycles. The molecule has 1 aromatic rings. The van der Waals surface area contributed by atoms with Crippen molar-refractivity contribution in [2.24, 2.45) is 4.99 Å². The second-order valence-electron chi connectivity index (χ2n) is 8.07. The van der Waals surface area contributed by atoms with E-state index in [1.165, 1.54) is 11.1 Å². The van der Waals surface area contributed by atoms with E-state index in [0.29, 0.717) is 12.5 Å². The zero-order valence-electron chi connectivity index (χ0n) is 17.1. The molecule has 1 aliphatic rings. The molecule has 0 spiro atoms. The molecule has 0 atom stereocenters. The largest absolute Gasteiger partial charge is 0.356 e. The Kier molecular flexibility index (Phi) is 10.1. The van der Waals surface area contributed by atoms with Crippen molar-refractivity contribution in [1.29, 1.82) is 0 Å². The van der Waals surface area contributed by atoms with Gasteiger partial charge in [0, 0.05) is 32.6 Å². The molecule has 2 rings (SSSR count). The van der Waals surface area contributed by atoms with E-state index < -0.39 is 0 Å². The normalized spacial score (nSPS) is 14.3. The number of guanidine groups is 1. The molecule has 0 radical (unpaired) electrons. The summed E-state index contributed by atoms with van der Waals surface area (Å²) in [6.07, 6.45) is 4.61. The number of carbonyl (C=O) groups is 1. The van der Waals surface area contributed by atoms with Crippen molar-refractivity contribution in [2.45, 2.75) is 64.3 Å². The SMILES string of the molecule is CN=C(NCCCC(=O)NC1CC1)NCCc1ccc(C(C)(C)C)cc1.I. The first-order valence-electron chi connectivity index (χ1n) is 9.72. The average molecular weight is 486 g/mol. The van der Waals surface area contributed by atoms with Crippen molar-refractivity contribution >= 4 is 35.8 Å². The van der Waals surface area contributed by atoms with Gasteiger partial charge in [-0.05, 0) is 42.2 Å². The highest BCUT2D eigenvalue weighted by atomic mass is 127. The molecule has 1 aliphatic carbocycles. The minimum Gasteiger partial charge on any atom is -0.356 e. The monoisotopic (exact) mass is 486 g/mol. The fourth-order valence-electron chi connectivity index (χ4n) is 2.70. The zero-order chi connectivity index (χ0) is 19.0. The zero-order valence-corrected chi connectivity index (χ0v) is 19.4. The molecule has 0 heterocycles. The number of nitrogens with one attached hydrogen (secondary N) is 3. The van der Waals surface area contributed by atoms with Crippen molar-refractivity contribution in [1.82, 2.24) is 16.0 Å². The highest BCUT2D eigenvalue weighted by molar-refractivity contribution is 14.0. The standard InChI is InChI=1S/C21H34N4O.HI/c1-21(2,3)17-9-7-16(8-10-17)13-15-24-20(22-4)23-14-5-6-19(26)25-18-11-12-18;/h7-10,18H,5-6,11-15H2,1-4H3,(H,25,26)(H2,22,23,24);1H. The number of halogens is 1. The van der Waals surface area contributed by atoms with E-state index in [-0.39, 0.29) is 35.3 Å². The van der Waals surface area contributed by atoms with Gasteiger partial charge in [-0.1, -0.05) is 45.0 Å². The van der Waals surface area contributed by atoms with Crippen molar-refractivity contribution in [2.75, 3.05) is 20.1 Å². The fourth-order valence-corrected chi connectivity index (χ4v) is 2.70. The van der Waals surface area contributed by atoms with Crippen LogP contribution in [-0.4, -0.2) is 38.0 Å². The summed E-state index contributed by atoms with van der Waals surface area (Å²) in [4.78, 5) is 15.9. The number of amides is 1. The first kappa shape index (κ1) is 23.7. The third-order valence-electron chi connectivity index (χ3n) is 4.57. The highest BCUT2D eigenvalue weighted by Crippen LogP contribution is 2.22. The number of hydrogen-bond acceptors (Lipinski definition) is 2. The van der Waals surface area contributed by atoms with Gasteiger partial charge in [0.1, 0.15) is 0 Å². The summed E-state index contributed by atoms with van der Waals surface area (Å²) in [5.74, 6) is 0.954. The van der Waals surface area contributed by atoms with Gasteiger partial charge in [0.2, 0.25) is 5.91 Å². The third-order valence-corrected chi connectivity index (χ3v) is 4.57. The second-order valence-corrected chi connectivity index (χ2v) is 8.07. The van der Waals surface area contributed by atoms with Gasteiger partial charge in [0.15, 0.2) is 5.96 Å². The maximum atomic E-state index is 11.6. The summed E-state index contributed by atoms with van der Waals surface area (Å²) < 4.78 is 0. The summed E-state index contributed by atoms with van der Waals surface area (Å²) in [6, 6.07) is 9.29. The van der Waals surface area contributed by atoms with E-state index in [1.807, 2.05) is 0 Å².